The summed E-state index contributed by atoms with van der Waals surface area (Å²) in [7, 11) is 2.02. The van der Waals surface area contributed by atoms with Crippen molar-refractivity contribution in [3.63, 3.8) is 0 Å². The van der Waals surface area contributed by atoms with Crippen LogP contribution in [0.4, 0.5) is 0 Å². The standard InChI is InChI=1S/C15H23N5/c1-4-16-14-7-5-6-12-8-20(9-13(12)14)10-15-18-17-11(2)19(15)3/h8-9,14,16H,4-7,10H2,1-3H3. The van der Waals surface area contributed by atoms with E-state index in [9.17, 15) is 0 Å². The first kappa shape index (κ1) is 13.4. The molecule has 0 fully saturated rings. The van der Waals surface area contributed by atoms with Crippen LogP contribution in [-0.4, -0.2) is 25.9 Å². The molecule has 0 amide bonds. The van der Waals surface area contributed by atoms with Gasteiger partial charge in [-0.1, -0.05) is 6.92 Å². The van der Waals surface area contributed by atoms with Crippen LogP contribution in [0.15, 0.2) is 12.4 Å². The Kier molecular flexibility index (Phi) is 3.61. The maximum atomic E-state index is 4.25. The van der Waals surface area contributed by atoms with E-state index in [0.29, 0.717) is 6.04 Å². The van der Waals surface area contributed by atoms with Crippen molar-refractivity contribution in [1.82, 2.24) is 24.6 Å². The van der Waals surface area contributed by atoms with Crippen molar-refractivity contribution >= 4 is 0 Å². The fourth-order valence-electron chi connectivity index (χ4n) is 3.05. The molecule has 1 unspecified atom stereocenters. The summed E-state index contributed by atoms with van der Waals surface area (Å²) in [4.78, 5) is 0. The first-order valence-corrected chi connectivity index (χ1v) is 7.45. The molecule has 1 N–H and O–H groups in total. The van der Waals surface area contributed by atoms with Crippen LogP contribution in [0.3, 0.4) is 0 Å². The van der Waals surface area contributed by atoms with Gasteiger partial charge in [-0.25, -0.2) is 0 Å². The van der Waals surface area contributed by atoms with Crippen molar-refractivity contribution in [2.24, 2.45) is 7.05 Å². The van der Waals surface area contributed by atoms with Crippen LogP contribution in [0.2, 0.25) is 0 Å². The third kappa shape index (κ3) is 2.38. The normalized spacial score (nSPS) is 18.2. The Labute approximate surface area is 120 Å². The van der Waals surface area contributed by atoms with Crippen molar-refractivity contribution in [2.75, 3.05) is 6.54 Å². The fraction of sp³-hybridized carbons (Fsp3) is 0.600. The molecule has 0 aliphatic heterocycles. The van der Waals surface area contributed by atoms with Crippen LogP contribution in [0.25, 0.3) is 0 Å². The summed E-state index contributed by atoms with van der Waals surface area (Å²) in [6.07, 6.45) is 8.28. The lowest BCUT2D eigenvalue weighted by atomic mass is 9.91. The Morgan fingerprint density at radius 2 is 2.20 bits per heavy atom. The number of fused-ring (bicyclic) bond motifs is 1. The van der Waals surface area contributed by atoms with Gasteiger partial charge in [0.2, 0.25) is 0 Å². The zero-order chi connectivity index (χ0) is 14.1. The second kappa shape index (κ2) is 5.40. The Hall–Kier alpha value is -1.62. The minimum Gasteiger partial charge on any atom is -0.346 e. The van der Waals surface area contributed by atoms with Gasteiger partial charge in [0, 0.05) is 25.5 Å². The van der Waals surface area contributed by atoms with Crippen molar-refractivity contribution < 1.29 is 0 Å². The highest BCUT2D eigenvalue weighted by atomic mass is 15.3. The van der Waals surface area contributed by atoms with Gasteiger partial charge in [-0.3, -0.25) is 0 Å². The summed E-state index contributed by atoms with van der Waals surface area (Å²) < 4.78 is 4.31. The lowest BCUT2D eigenvalue weighted by Gasteiger charge is -2.22. The zero-order valence-corrected chi connectivity index (χ0v) is 12.6. The number of nitrogens with zero attached hydrogens (tertiary/aromatic N) is 4. The minimum absolute atomic E-state index is 0.520. The Balaban J connectivity index is 1.84. The molecule has 5 nitrogen and oxygen atoms in total. The molecule has 108 valence electrons. The number of hydrogen-bond acceptors (Lipinski definition) is 3. The average molecular weight is 273 g/mol. The molecule has 2 aromatic heterocycles. The molecule has 1 aliphatic rings. The van der Waals surface area contributed by atoms with E-state index in [1.54, 1.807) is 0 Å². The first-order chi connectivity index (χ1) is 9.69. The molecular weight excluding hydrogens is 250 g/mol. The highest BCUT2D eigenvalue weighted by Gasteiger charge is 2.21. The van der Waals surface area contributed by atoms with E-state index in [2.05, 4.69) is 44.0 Å². The zero-order valence-electron chi connectivity index (χ0n) is 12.6. The topological polar surface area (TPSA) is 47.7 Å². The second-order valence-corrected chi connectivity index (χ2v) is 5.64. The van der Waals surface area contributed by atoms with Gasteiger partial charge < -0.3 is 14.5 Å². The molecule has 5 heteroatoms. The molecule has 2 aromatic rings. The summed E-state index contributed by atoms with van der Waals surface area (Å²) in [5, 5.41) is 12.0. The van der Waals surface area contributed by atoms with Crippen LogP contribution in [-0.2, 0) is 20.0 Å². The summed E-state index contributed by atoms with van der Waals surface area (Å²) >= 11 is 0. The van der Waals surface area contributed by atoms with E-state index in [-0.39, 0.29) is 0 Å². The van der Waals surface area contributed by atoms with Gasteiger partial charge in [-0.05, 0) is 43.9 Å². The number of hydrogen-bond donors (Lipinski definition) is 1. The van der Waals surface area contributed by atoms with E-state index in [1.807, 2.05) is 14.0 Å². The lowest BCUT2D eigenvalue weighted by Crippen LogP contribution is -2.23. The fourth-order valence-corrected chi connectivity index (χ4v) is 3.05. The SMILES string of the molecule is CCNC1CCCc2cn(Cc3nnc(C)n3C)cc21. The smallest absolute Gasteiger partial charge is 0.152 e. The molecule has 0 spiro atoms. The highest BCUT2D eigenvalue weighted by molar-refractivity contribution is 5.30. The molecule has 2 heterocycles. The third-order valence-corrected chi connectivity index (χ3v) is 4.27. The van der Waals surface area contributed by atoms with Crippen molar-refractivity contribution in [3.8, 4) is 0 Å². The summed E-state index contributed by atoms with van der Waals surface area (Å²) in [5.74, 6) is 1.97. The van der Waals surface area contributed by atoms with Crippen LogP contribution in [0.5, 0.6) is 0 Å². The van der Waals surface area contributed by atoms with E-state index < -0.39 is 0 Å². The number of aryl methyl sites for hydroxylation is 2. The van der Waals surface area contributed by atoms with Gasteiger partial charge >= 0.3 is 0 Å². The molecular formula is C15H23N5. The molecule has 20 heavy (non-hydrogen) atoms. The first-order valence-electron chi connectivity index (χ1n) is 7.45. The maximum absolute atomic E-state index is 4.25. The van der Waals surface area contributed by atoms with Crippen molar-refractivity contribution in [2.45, 2.75) is 45.7 Å². The number of rotatable bonds is 4. The van der Waals surface area contributed by atoms with Gasteiger partial charge in [0.25, 0.3) is 0 Å². The predicted molar refractivity (Wildman–Crippen MR) is 78.6 cm³/mol. The van der Waals surface area contributed by atoms with Crippen molar-refractivity contribution in [1.29, 1.82) is 0 Å². The summed E-state index contributed by atoms with van der Waals surface area (Å²) in [6.45, 7) is 5.98. The molecule has 1 aliphatic carbocycles. The maximum Gasteiger partial charge on any atom is 0.152 e. The largest absolute Gasteiger partial charge is 0.346 e. The lowest BCUT2D eigenvalue weighted by molar-refractivity contribution is 0.473. The molecule has 0 radical (unpaired) electrons. The Morgan fingerprint density at radius 3 is 2.90 bits per heavy atom. The van der Waals surface area contributed by atoms with Gasteiger partial charge in [0.05, 0.1) is 6.54 Å². The van der Waals surface area contributed by atoms with Gasteiger partial charge in [0.15, 0.2) is 5.82 Å². The molecule has 3 rings (SSSR count). The molecule has 0 aromatic carbocycles. The Bertz CT molecular complexity index is 595. The minimum atomic E-state index is 0.520. The van der Waals surface area contributed by atoms with Gasteiger partial charge in [-0.15, -0.1) is 10.2 Å². The quantitative estimate of drug-likeness (QED) is 0.926. The van der Waals surface area contributed by atoms with Gasteiger partial charge in [0.1, 0.15) is 5.82 Å². The molecule has 0 saturated heterocycles. The predicted octanol–water partition coefficient (Wildman–Crippen LogP) is 1.96. The van der Waals surface area contributed by atoms with E-state index in [1.165, 1.54) is 30.4 Å². The van der Waals surface area contributed by atoms with Crippen LogP contribution in [0.1, 0.15) is 48.6 Å². The molecule has 0 saturated carbocycles. The molecule has 0 bridgehead atoms. The van der Waals surface area contributed by atoms with Crippen LogP contribution in [0, 0.1) is 6.92 Å². The van der Waals surface area contributed by atoms with E-state index in [0.717, 1.165) is 24.7 Å². The third-order valence-electron chi connectivity index (χ3n) is 4.27. The summed E-state index contributed by atoms with van der Waals surface area (Å²) in [6, 6.07) is 0.520. The number of aromatic nitrogens is 4. The number of nitrogens with one attached hydrogen (secondary N) is 1. The van der Waals surface area contributed by atoms with E-state index in [4.69, 9.17) is 0 Å². The highest BCUT2D eigenvalue weighted by Crippen LogP contribution is 2.30. The second-order valence-electron chi connectivity index (χ2n) is 5.64. The van der Waals surface area contributed by atoms with E-state index >= 15 is 0 Å². The monoisotopic (exact) mass is 273 g/mol. The van der Waals surface area contributed by atoms with Gasteiger partial charge in [-0.2, -0.15) is 0 Å². The Morgan fingerprint density at radius 1 is 1.35 bits per heavy atom. The van der Waals surface area contributed by atoms with Crippen LogP contribution >= 0.6 is 0 Å². The van der Waals surface area contributed by atoms with Crippen LogP contribution < -0.4 is 5.32 Å². The average Bonchev–Trinajstić information content (AvgIpc) is 2.98. The van der Waals surface area contributed by atoms with Crippen molar-refractivity contribution in [3.05, 3.63) is 35.2 Å². The molecule has 1 atom stereocenters. The summed E-state index contributed by atoms with van der Waals surface area (Å²) in [5.41, 5.74) is 2.96.